The van der Waals surface area contributed by atoms with Gasteiger partial charge in [0.1, 0.15) is 11.8 Å². The number of nitrogen functional groups attached to an aromatic ring is 1. The Hall–Kier alpha value is -2.50. The summed E-state index contributed by atoms with van der Waals surface area (Å²) in [5.74, 6) is -0.139. The Morgan fingerprint density at radius 3 is 2.88 bits per heavy atom. The molecule has 6 heteroatoms. The van der Waals surface area contributed by atoms with Crippen LogP contribution in [-0.4, -0.2) is 19.6 Å². The second-order valence-corrected chi connectivity index (χ2v) is 3.53. The van der Waals surface area contributed by atoms with Crippen LogP contribution in [0.3, 0.4) is 0 Å². The zero-order chi connectivity index (χ0) is 11.8. The normalized spacial score (nSPS) is 10.9. The van der Waals surface area contributed by atoms with Crippen molar-refractivity contribution < 1.29 is 4.39 Å². The van der Waals surface area contributed by atoms with E-state index < -0.39 is 5.95 Å². The Balaban J connectivity index is 2.28. The van der Waals surface area contributed by atoms with Crippen molar-refractivity contribution >= 4 is 11.3 Å². The lowest BCUT2D eigenvalue weighted by Gasteiger charge is -2.02. The highest BCUT2D eigenvalue weighted by molar-refractivity contribution is 5.72. The fraction of sp³-hybridized carbons (Fsp3) is 0. The van der Waals surface area contributed by atoms with Gasteiger partial charge in [-0.05, 0) is 18.2 Å². The van der Waals surface area contributed by atoms with E-state index in [2.05, 4.69) is 15.1 Å². The minimum atomic E-state index is -0.528. The van der Waals surface area contributed by atoms with E-state index in [0.29, 0.717) is 16.9 Å². The predicted octanol–water partition coefficient (Wildman–Crippen LogP) is 1.51. The van der Waals surface area contributed by atoms with Gasteiger partial charge in [0.2, 0.25) is 5.95 Å². The fourth-order valence-corrected chi connectivity index (χ4v) is 1.73. The van der Waals surface area contributed by atoms with Crippen LogP contribution in [0.2, 0.25) is 0 Å². The monoisotopic (exact) mass is 229 g/mol. The SMILES string of the molecule is Nc1ncnn2c(-c3ccnc(F)c3)ccc12. The minimum Gasteiger partial charge on any atom is -0.382 e. The molecule has 2 N–H and O–H groups in total. The number of hydrogen-bond donors (Lipinski definition) is 1. The number of nitrogens with two attached hydrogens (primary N) is 1. The minimum absolute atomic E-state index is 0.390. The van der Waals surface area contributed by atoms with Gasteiger partial charge in [-0.25, -0.2) is 14.5 Å². The van der Waals surface area contributed by atoms with Gasteiger partial charge in [0, 0.05) is 17.8 Å². The van der Waals surface area contributed by atoms with Crippen molar-refractivity contribution in [2.45, 2.75) is 0 Å². The van der Waals surface area contributed by atoms with Gasteiger partial charge in [-0.3, -0.25) is 0 Å². The summed E-state index contributed by atoms with van der Waals surface area (Å²) in [6.45, 7) is 0. The zero-order valence-corrected chi connectivity index (χ0v) is 8.71. The first-order chi connectivity index (χ1) is 8.25. The Kier molecular flexibility index (Phi) is 2.01. The molecule has 17 heavy (non-hydrogen) atoms. The number of fused-ring (bicyclic) bond motifs is 1. The van der Waals surface area contributed by atoms with Crippen molar-refractivity contribution in [3.8, 4) is 11.3 Å². The number of aromatic nitrogens is 4. The molecule has 3 heterocycles. The van der Waals surface area contributed by atoms with E-state index in [1.54, 1.807) is 16.6 Å². The molecule has 84 valence electrons. The molecule has 0 aliphatic carbocycles. The predicted molar refractivity (Wildman–Crippen MR) is 60.6 cm³/mol. The highest BCUT2D eigenvalue weighted by Gasteiger charge is 2.08. The summed E-state index contributed by atoms with van der Waals surface area (Å²) >= 11 is 0. The van der Waals surface area contributed by atoms with E-state index in [0.717, 1.165) is 5.69 Å². The van der Waals surface area contributed by atoms with Crippen molar-refractivity contribution in [3.63, 3.8) is 0 Å². The molecule has 0 atom stereocenters. The van der Waals surface area contributed by atoms with Gasteiger partial charge in [-0.15, -0.1) is 0 Å². The Bertz CT molecular complexity index is 691. The Labute approximate surface area is 95.7 Å². The maximum absolute atomic E-state index is 13.1. The van der Waals surface area contributed by atoms with Gasteiger partial charge >= 0.3 is 0 Å². The molecule has 3 aromatic rings. The summed E-state index contributed by atoms with van der Waals surface area (Å²) in [6.07, 6.45) is 2.78. The van der Waals surface area contributed by atoms with Crippen LogP contribution in [0.4, 0.5) is 10.2 Å². The molecule has 0 saturated carbocycles. The molecule has 0 saturated heterocycles. The highest BCUT2D eigenvalue weighted by Crippen LogP contribution is 2.23. The number of hydrogen-bond acceptors (Lipinski definition) is 4. The van der Waals surface area contributed by atoms with Crippen LogP contribution in [0.1, 0.15) is 0 Å². The van der Waals surface area contributed by atoms with Crippen LogP contribution in [0.25, 0.3) is 16.8 Å². The van der Waals surface area contributed by atoms with Crippen LogP contribution in [0, 0.1) is 5.95 Å². The zero-order valence-electron chi connectivity index (χ0n) is 8.71. The number of rotatable bonds is 1. The van der Waals surface area contributed by atoms with Gasteiger partial charge in [0.25, 0.3) is 0 Å². The summed E-state index contributed by atoms with van der Waals surface area (Å²) in [7, 11) is 0. The van der Waals surface area contributed by atoms with E-state index in [1.807, 2.05) is 6.07 Å². The standard InChI is InChI=1S/C11H8FN5/c12-10-5-7(3-4-14-10)8-1-2-9-11(13)15-6-16-17(8)9/h1-6H,(H2,13,15,16). The third kappa shape index (κ3) is 1.50. The summed E-state index contributed by atoms with van der Waals surface area (Å²) < 4.78 is 14.7. The van der Waals surface area contributed by atoms with E-state index in [4.69, 9.17) is 5.73 Å². The quantitative estimate of drug-likeness (QED) is 0.642. The lowest BCUT2D eigenvalue weighted by atomic mass is 10.2. The van der Waals surface area contributed by atoms with Gasteiger partial charge in [0.05, 0.1) is 5.69 Å². The van der Waals surface area contributed by atoms with Crippen LogP contribution in [-0.2, 0) is 0 Å². The lowest BCUT2D eigenvalue weighted by molar-refractivity contribution is 0.584. The van der Waals surface area contributed by atoms with Gasteiger partial charge < -0.3 is 5.73 Å². The topological polar surface area (TPSA) is 69.1 Å². The van der Waals surface area contributed by atoms with E-state index in [-0.39, 0.29) is 0 Å². The molecular weight excluding hydrogens is 221 g/mol. The molecule has 3 aromatic heterocycles. The van der Waals surface area contributed by atoms with E-state index >= 15 is 0 Å². The summed E-state index contributed by atoms with van der Waals surface area (Å²) in [5.41, 5.74) is 7.85. The molecule has 0 bridgehead atoms. The smallest absolute Gasteiger partial charge is 0.213 e. The van der Waals surface area contributed by atoms with Crippen LogP contribution < -0.4 is 5.73 Å². The molecule has 3 rings (SSSR count). The molecule has 0 aliphatic heterocycles. The number of anilines is 1. The molecular formula is C11H8FN5. The molecule has 0 aromatic carbocycles. The van der Waals surface area contributed by atoms with Crippen molar-refractivity contribution in [2.24, 2.45) is 0 Å². The molecule has 0 radical (unpaired) electrons. The Morgan fingerprint density at radius 2 is 2.06 bits per heavy atom. The largest absolute Gasteiger partial charge is 0.382 e. The molecule has 0 spiro atoms. The number of nitrogens with zero attached hydrogens (tertiary/aromatic N) is 4. The van der Waals surface area contributed by atoms with Crippen LogP contribution >= 0.6 is 0 Å². The van der Waals surface area contributed by atoms with Crippen molar-refractivity contribution in [1.82, 2.24) is 19.6 Å². The number of halogens is 1. The molecule has 0 amide bonds. The molecule has 5 nitrogen and oxygen atoms in total. The maximum Gasteiger partial charge on any atom is 0.213 e. The highest BCUT2D eigenvalue weighted by atomic mass is 19.1. The van der Waals surface area contributed by atoms with Crippen LogP contribution in [0.15, 0.2) is 36.8 Å². The molecule has 0 aliphatic rings. The third-order valence-corrected chi connectivity index (χ3v) is 2.50. The summed E-state index contributed by atoms with van der Waals surface area (Å²) in [5, 5.41) is 4.09. The number of pyridine rings is 1. The summed E-state index contributed by atoms with van der Waals surface area (Å²) in [4.78, 5) is 7.41. The second kappa shape index (κ2) is 3.51. The van der Waals surface area contributed by atoms with Gasteiger partial charge in [-0.1, -0.05) is 0 Å². The second-order valence-electron chi connectivity index (χ2n) is 3.53. The van der Waals surface area contributed by atoms with E-state index in [9.17, 15) is 4.39 Å². The van der Waals surface area contributed by atoms with E-state index in [1.165, 1.54) is 18.6 Å². The first-order valence-electron chi connectivity index (χ1n) is 4.96. The average Bonchev–Trinajstić information content (AvgIpc) is 2.74. The van der Waals surface area contributed by atoms with Crippen molar-refractivity contribution in [1.29, 1.82) is 0 Å². The van der Waals surface area contributed by atoms with Gasteiger partial charge in [-0.2, -0.15) is 9.49 Å². The lowest BCUT2D eigenvalue weighted by Crippen LogP contribution is -2.00. The third-order valence-electron chi connectivity index (χ3n) is 2.50. The Morgan fingerprint density at radius 1 is 1.18 bits per heavy atom. The molecule has 0 fully saturated rings. The maximum atomic E-state index is 13.1. The first kappa shape index (κ1) is 9.71. The van der Waals surface area contributed by atoms with Gasteiger partial charge in [0.15, 0.2) is 5.82 Å². The van der Waals surface area contributed by atoms with Crippen LogP contribution in [0.5, 0.6) is 0 Å². The van der Waals surface area contributed by atoms with Crippen molar-refractivity contribution in [3.05, 3.63) is 42.7 Å². The molecule has 0 unspecified atom stereocenters. The average molecular weight is 229 g/mol. The van der Waals surface area contributed by atoms with Crippen molar-refractivity contribution in [2.75, 3.05) is 5.73 Å². The summed E-state index contributed by atoms with van der Waals surface area (Å²) in [6, 6.07) is 6.67. The first-order valence-corrected chi connectivity index (χ1v) is 4.96. The fourth-order valence-electron chi connectivity index (χ4n) is 1.73.